The largest absolute Gasteiger partial charge is 0.497 e. The van der Waals surface area contributed by atoms with E-state index in [2.05, 4.69) is 5.32 Å². The molecule has 2 amide bonds. The van der Waals surface area contributed by atoms with E-state index in [0.29, 0.717) is 17.7 Å². The van der Waals surface area contributed by atoms with Gasteiger partial charge in [-0.05, 0) is 68.3 Å². The SMILES string of the molecule is CC[C@@H](C)NC(=O)[C@@H](C)N(Cc1cccc(OC)c1)C(=O)CN(c1cc(Cl)ccc1Cl)S(=O)(=O)c1ccccc1. The zero-order valence-electron chi connectivity index (χ0n) is 22.8. The molecule has 0 radical (unpaired) electrons. The lowest BCUT2D eigenvalue weighted by Gasteiger charge is -2.32. The first-order chi connectivity index (χ1) is 19.0. The molecule has 0 aliphatic carbocycles. The van der Waals surface area contributed by atoms with Gasteiger partial charge in [0.2, 0.25) is 11.8 Å². The highest BCUT2D eigenvalue weighted by Gasteiger charge is 2.33. The van der Waals surface area contributed by atoms with E-state index >= 15 is 0 Å². The highest BCUT2D eigenvalue weighted by atomic mass is 35.5. The van der Waals surface area contributed by atoms with Crippen LogP contribution in [0.4, 0.5) is 5.69 Å². The summed E-state index contributed by atoms with van der Waals surface area (Å²) in [6.07, 6.45) is 0.707. The number of nitrogens with zero attached hydrogens (tertiary/aromatic N) is 2. The van der Waals surface area contributed by atoms with Crippen molar-refractivity contribution in [3.05, 3.63) is 88.4 Å². The van der Waals surface area contributed by atoms with Crippen LogP contribution in [-0.2, 0) is 26.2 Å². The summed E-state index contributed by atoms with van der Waals surface area (Å²) in [5.41, 5.74) is 0.749. The Morgan fingerprint density at radius 3 is 2.33 bits per heavy atom. The van der Waals surface area contributed by atoms with Crippen LogP contribution in [0.3, 0.4) is 0 Å². The van der Waals surface area contributed by atoms with Gasteiger partial charge in [0.05, 0.1) is 22.7 Å². The molecule has 0 bridgehead atoms. The number of benzene rings is 3. The van der Waals surface area contributed by atoms with Gasteiger partial charge >= 0.3 is 0 Å². The predicted molar refractivity (Wildman–Crippen MR) is 158 cm³/mol. The van der Waals surface area contributed by atoms with E-state index in [4.69, 9.17) is 27.9 Å². The third kappa shape index (κ3) is 7.68. The fraction of sp³-hybridized carbons (Fsp3) is 0.310. The van der Waals surface area contributed by atoms with Crippen molar-refractivity contribution >= 4 is 50.7 Å². The Kier molecular flexibility index (Phi) is 10.8. The fourth-order valence-electron chi connectivity index (χ4n) is 3.93. The van der Waals surface area contributed by atoms with Crippen LogP contribution in [0.25, 0.3) is 0 Å². The monoisotopic (exact) mass is 605 g/mol. The van der Waals surface area contributed by atoms with Crippen molar-refractivity contribution in [3.8, 4) is 5.75 Å². The molecule has 0 saturated carbocycles. The second-order valence-electron chi connectivity index (χ2n) is 9.29. The molecule has 3 aromatic carbocycles. The molecule has 0 fully saturated rings. The molecular formula is C29H33Cl2N3O5S. The standard InChI is InChI=1S/C29H33Cl2N3O5S/c1-5-20(2)32-29(36)21(3)33(18-22-10-9-11-24(16-22)39-4)28(35)19-34(27-17-23(30)14-15-26(27)31)40(37,38)25-12-7-6-8-13-25/h6-17,20-21H,5,18-19H2,1-4H3,(H,32,36)/t20-,21-/m1/s1. The number of halogens is 2. The number of rotatable bonds is 12. The topological polar surface area (TPSA) is 96.0 Å². The molecule has 0 aliphatic heterocycles. The van der Waals surface area contributed by atoms with Gasteiger partial charge in [0, 0.05) is 17.6 Å². The number of carbonyl (C=O) groups is 2. The van der Waals surface area contributed by atoms with Gasteiger partial charge in [-0.1, -0.05) is 60.5 Å². The van der Waals surface area contributed by atoms with E-state index in [9.17, 15) is 18.0 Å². The third-order valence-electron chi connectivity index (χ3n) is 6.44. The number of anilines is 1. The van der Waals surface area contributed by atoms with Crippen molar-refractivity contribution in [2.75, 3.05) is 18.0 Å². The van der Waals surface area contributed by atoms with Crippen LogP contribution in [0, 0.1) is 0 Å². The first kappa shape index (κ1) is 31.3. The molecule has 2 atom stereocenters. The molecule has 8 nitrogen and oxygen atoms in total. The fourth-order valence-corrected chi connectivity index (χ4v) is 5.81. The minimum Gasteiger partial charge on any atom is -0.497 e. The minimum atomic E-state index is -4.25. The number of amides is 2. The Hall–Kier alpha value is -3.27. The van der Waals surface area contributed by atoms with Gasteiger partial charge in [-0.3, -0.25) is 13.9 Å². The number of hydrogen-bond donors (Lipinski definition) is 1. The average molecular weight is 607 g/mol. The van der Waals surface area contributed by atoms with E-state index < -0.39 is 28.5 Å². The molecule has 3 rings (SSSR count). The van der Waals surface area contributed by atoms with Gasteiger partial charge in [0.1, 0.15) is 18.3 Å². The van der Waals surface area contributed by atoms with Gasteiger partial charge in [-0.2, -0.15) is 0 Å². The maximum atomic E-state index is 14.0. The van der Waals surface area contributed by atoms with E-state index in [0.717, 1.165) is 4.31 Å². The molecule has 0 aliphatic rings. The van der Waals surface area contributed by atoms with E-state index in [-0.39, 0.29) is 39.1 Å². The predicted octanol–water partition coefficient (Wildman–Crippen LogP) is 5.53. The van der Waals surface area contributed by atoms with Gasteiger partial charge in [0.15, 0.2) is 0 Å². The second kappa shape index (κ2) is 13.9. The molecule has 40 heavy (non-hydrogen) atoms. The zero-order valence-corrected chi connectivity index (χ0v) is 25.1. The molecule has 0 spiro atoms. The number of ether oxygens (including phenoxy) is 1. The van der Waals surface area contributed by atoms with Crippen molar-refractivity contribution in [3.63, 3.8) is 0 Å². The maximum absolute atomic E-state index is 14.0. The van der Waals surface area contributed by atoms with Crippen LogP contribution in [0.15, 0.2) is 77.7 Å². The zero-order chi connectivity index (χ0) is 29.4. The smallest absolute Gasteiger partial charge is 0.264 e. The molecule has 0 aromatic heterocycles. The molecule has 214 valence electrons. The lowest BCUT2D eigenvalue weighted by molar-refractivity contribution is -0.139. The van der Waals surface area contributed by atoms with Crippen LogP contribution in [0.5, 0.6) is 5.75 Å². The Labute approximate surface area is 245 Å². The minimum absolute atomic E-state index is 0.0271. The molecule has 0 saturated heterocycles. The molecular weight excluding hydrogens is 573 g/mol. The molecule has 1 N–H and O–H groups in total. The summed E-state index contributed by atoms with van der Waals surface area (Å²) in [5.74, 6) is -0.380. The lowest BCUT2D eigenvalue weighted by atomic mass is 10.1. The van der Waals surface area contributed by atoms with Gasteiger partial charge in [-0.15, -0.1) is 0 Å². The van der Waals surface area contributed by atoms with E-state index in [1.807, 2.05) is 13.8 Å². The van der Waals surface area contributed by atoms with Crippen LogP contribution in [-0.4, -0.2) is 50.9 Å². The van der Waals surface area contributed by atoms with E-state index in [1.165, 1.54) is 42.3 Å². The number of carbonyl (C=O) groups excluding carboxylic acids is 2. The van der Waals surface area contributed by atoms with Crippen molar-refractivity contribution in [2.45, 2.75) is 50.7 Å². The Morgan fingerprint density at radius 2 is 1.68 bits per heavy atom. The Bertz CT molecular complexity index is 1440. The van der Waals surface area contributed by atoms with Gasteiger partial charge < -0.3 is 15.0 Å². The average Bonchev–Trinajstić information content (AvgIpc) is 2.95. The number of methoxy groups -OCH3 is 1. The number of hydrogen-bond acceptors (Lipinski definition) is 5. The molecule has 11 heteroatoms. The third-order valence-corrected chi connectivity index (χ3v) is 8.77. The first-order valence-corrected chi connectivity index (χ1v) is 14.9. The highest BCUT2D eigenvalue weighted by Crippen LogP contribution is 2.33. The first-order valence-electron chi connectivity index (χ1n) is 12.7. The number of nitrogens with one attached hydrogen (secondary N) is 1. The van der Waals surface area contributed by atoms with Crippen LogP contribution < -0.4 is 14.4 Å². The summed E-state index contributed by atoms with van der Waals surface area (Å²) in [4.78, 5) is 28.5. The van der Waals surface area contributed by atoms with Crippen LogP contribution >= 0.6 is 23.2 Å². The highest BCUT2D eigenvalue weighted by molar-refractivity contribution is 7.92. The van der Waals surface area contributed by atoms with Gasteiger partial charge in [0.25, 0.3) is 10.0 Å². The normalized spacial score (nSPS) is 12.8. The van der Waals surface area contributed by atoms with Crippen molar-refractivity contribution in [1.29, 1.82) is 0 Å². The van der Waals surface area contributed by atoms with Crippen molar-refractivity contribution in [2.24, 2.45) is 0 Å². The quantitative estimate of drug-likeness (QED) is 0.293. The Balaban J connectivity index is 2.06. The lowest BCUT2D eigenvalue weighted by Crippen LogP contribution is -2.52. The second-order valence-corrected chi connectivity index (χ2v) is 12.0. The summed E-state index contributed by atoms with van der Waals surface area (Å²) in [6.45, 7) is 4.83. The molecule has 0 unspecified atom stereocenters. The molecule has 3 aromatic rings. The maximum Gasteiger partial charge on any atom is 0.264 e. The molecule has 0 heterocycles. The van der Waals surface area contributed by atoms with Crippen molar-refractivity contribution < 1.29 is 22.7 Å². The summed E-state index contributed by atoms with van der Waals surface area (Å²) in [6, 6.07) is 18.2. The van der Waals surface area contributed by atoms with Gasteiger partial charge in [-0.25, -0.2) is 8.42 Å². The van der Waals surface area contributed by atoms with Crippen molar-refractivity contribution in [1.82, 2.24) is 10.2 Å². The van der Waals surface area contributed by atoms with Crippen LogP contribution in [0.1, 0.15) is 32.8 Å². The number of sulfonamides is 1. The summed E-state index contributed by atoms with van der Waals surface area (Å²) < 4.78 is 33.9. The summed E-state index contributed by atoms with van der Waals surface area (Å²) >= 11 is 12.6. The van der Waals surface area contributed by atoms with Crippen LogP contribution in [0.2, 0.25) is 10.0 Å². The summed E-state index contributed by atoms with van der Waals surface area (Å²) in [5, 5.41) is 3.24. The van der Waals surface area contributed by atoms with E-state index in [1.54, 1.807) is 49.4 Å². The Morgan fingerprint density at radius 1 is 0.975 bits per heavy atom. The summed E-state index contributed by atoms with van der Waals surface area (Å²) in [7, 11) is -2.72.